The van der Waals surface area contributed by atoms with Crippen LogP contribution in [0.2, 0.25) is 0 Å². The third-order valence-corrected chi connectivity index (χ3v) is 2.19. The lowest BCUT2D eigenvalue weighted by molar-refractivity contribution is -0.307. The third kappa shape index (κ3) is 4.64. The van der Waals surface area contributed by atoms with Gasteiger partial charge in [-0.05, 0) is 10.9 Å². The van der Waals surface area contributed by atoms with Crippen molar-refractivity contribution in [2.75, 3.05) is 18.3 Å². The predicted octanol–water partition coefficient (Wildman–Crippen LogP) is -1.67. The topological polar surface area (TPSA) is 66.2 Å². The second-order valence-corrected chi connectivity index (χ2v) is 4.78. The highest BCUT2D eigenvalue weighted by Crippen LogP contribution is 1.92. The van der Waals surface area contributed by atoms with E-state index in [-0.39, 0.29) is 10.9 Å². The Labute approximate surface area is 64.0 Å². The SMILES string of the molecule is C[S+](C)CC[C@H](N)C(=O)[O-]. The third-order valence-electron chi connectivity index (χ3n) is 1.14. The fraction of sp³-hybridized carbons (Fsp3) is 0.833. The molecule has 1 atom stereocenters. The van der Waals surface area contributed by atoms with Gasteiger partial charge in [0.1, 0.15) is 5.75 Å². The normalized spacial score (nSPS) is 13.6. The summed E-state index contributed by atoms with van der Waals surface area (Å²) in [6, 6.07) is -0.783. The molecule has 0 saturated carbocycles. The number of carboxylic acids is 1. The van der Waals surface area contributed by atoms with Gasteiger partial charge in [-0.3, -0.25) is 0 Å². The standard InChI is InChI=1S/C6H13NO2S/c1-10(2)4-3-5(7)6(8)9/h5H,3-4,7H2,1-2H3/t5-/m0/s1. The van der Waals surface area contributed by atoms with Crippen LogP contribution in [0.5, 0.6) is 0 Å². The van der Waals surface area contributed by atoms with Crippen molar-refractivity contribution >= 4 is 16.9 Å². The summed E-state index contributed by atoms with van der Waals surface area (Å²) in [5.41, 5.74) is 5.21. The van der Waals surface area contributed by atoms with Gasteiger partial charge in [0, 0.05) is 12.5 Å². The van der Waals surface area contributed by atoms with Crippen molar-refractivity contribution in [3.63, 3.8) is 0 Å². The van der Waals surface area contributed by atoms with E-state index in [9.17, 15) is 9.90 Å². The van der Waals surface area contributed by atoms with Crippen molar-refractivity contribution in [3.8, 4) is 0 Å². The largest absolute Gasteiger partial charge is 0.548 e. The molecule has 0 fully saturated rings. The van der Waals surface area contributed by atoms with Crippen molar-refractivity contribution in [3.05, 3.63) is 0 Å². The predicted molar refractivity (Wildman–Crippen MR) is 41.7 cm³/mol. The maximum absolute atomic E-state index is 10.1. The first kappa shape index (κ1) is 9.78. The summed E-state index contributed by atoms with van der Waals surface area (Å²) in [6.07, 6.45) is 4.64. The molecule has 0 radical (unpaired) electrons. The first-order valence-corrected chi connectivity index (χ1v) is 5.25. The molecule has 3 nitrogen and oxygen atoms in total. The number of rotatable bonds is 4. The number of nitrogens with two attached hydrogens (primary N) is 1. The summed E-state index contributed by atoms with van der Waals surface area (Å²) in [5, 5.41) is 10.1. The van der Waals surface area contributed by atoms with E-state index in [0.717, 1.165) is 5.75 Å². The Morgan fingerprint density at radius 2 is 2.20 bits per heavy atom. The summed E-state index contributed by atoms with van der Waals surface area (Å²) >= 11 is 0. The van der Waals surface area contributed by atoms with Crippen LogP contribution in [0.3, 0.4) is 0 Å². The summed E-state index contributed by atoms with van der Waals surface area (Å²) in [7, 11) is 0.276. The fourth-order valence-electron chi connectivity index (χ4n) is 0.481. The van der Waals surface area contributed by atoms with Crippen molar-refractivity contribution in [2.24, 2.45) is 5.73 Å². The molecule has 0 aliphatic heterocycles. The molecule has 0 aromatic carbocycles. The Morgan fingerprint density at radius 1 is 1.70 bits per heavy atom. The lowest BCUT2D eigenvalue weighted by Gasteiger charge is -2.09. The lowest BCUT2D eigenvalue weighted by Crippen LogP contribution is -2.42. The molecule has 2 N–H and O–H groups in total. The minimum atomic E-state index is -1.15. The molecule has 0 unspecified atom stereocenters. The molecule has 0 aliphatic rings. The quantitative estimate of drug-likeness (QED) is 0.504. The first-order valence-electron chi connectivity index (χ1n) is 3.04. The van der Waals surface area contributed by atoms with E-state index in [0.29, 0.717) is 6.42 Å². The number of carbonyl (C=O) groups excluding carboxylic acids is 1. The minimum Gasteiger partial charge on any atom is -0.548 e. The van der Waals surface area contributed by atoms with Gasteiger partial charge in [0.2, 0.25) is 0 Å². The molecule has 0 rings (SSSR count). The molecule has 10 heavy (non-hydrogen) atoms. The van der Waals surface area contributed by atoms with Gasteiger partial charge in [0.15, 0.2) is 0 Å². The van der Waals surface area contributed by atoms with E-state index in [1.807, 2.05) is 0 Å². The molecule has 0 bridgehead atoms. The highest BCUT2D eigenvalue weighted by molar-refractivity contribution is 7.95. The molecule has 0 saturated heterocycles. The average molecular weight is 163 g/mol. The molecule has 0 amide bonds. The molecule has 0 heterocycles. The van der Waals surface area contributed by atoms with E-state index >= 15 is 0 Å². The molecule has 60 valence electrons. The number of carbonyl (C=O) groups is 1. The second kappa shape index (κ2) is 4.57. The molecule has 0 aliphatic carbocycles. The highest BCUT2D eigenvalue weighted by Gasteiger charge is 2.08. The average Bonchev–Trinajstić information content (AvgIpc) is 1.82. The molecule has 0 aromatic heterocycles. The van der Waals surface area contributed by atoms with Crippen LogP contribution in [0.1, 0.15) is 6.42 Å². The molecule has 0 aromatic rings. The minimum absolute atomic E-state index is 0.276. The van der Waals surface area contributed by atoms with Gasteiger partial charge in [-0.1, -0.05) is 0 Å². The van der Waals surface area contributed by atoms with Crippen LogP contribution in [0.25, 0.3) is 0 Å². The zero-order chi connectivity index (χ0) is 8.15. The van der Waals surface area contributed by atoms with Crippen LogP contribution >= 0.6 is 0 Å². The number of carboxylic acid groups (broad SMARTS) is 1. The Bertz CT molecular complexity index is 116. The first-order chi connectivity index (χ1) is 4.54. The van der Waals surface area contributed by atoms with Gasteiger partial charge in [-0.15, -0.1) is 0 Å². The monoisotopic (exact) mass is 163 g/mol. The zero-order valence-electron chi connectivity index (χ0n) is 6.29. The zero-order valence-corrected chi connectivity index (χ0v) is 7.11. The molecule has 0 spiro atoms. The van der Waals surface area contributed by atoms with Crippen molar-refractivity contribution < 1.29 is 9.90 Å². The smallest absolute Gasteiger partial charge is 0.109 e. The van der Waals surface area contributed by atoms with Gasteiger partial charge in [-0.2, -0.15) is 0 Å². The Kier molecular flexibility index (Phi) is 4.47. The van der Waals surface area contributed by atoms with Crippen molar-refractivity contribution in [1.82, 2.24) is 0 Å². The van der Waals surface area contributed by atoms with Crippen LogP contribution in [-0.2, 0) is 15.7 Å². The van der Waals surface area contributed by atoms with Gasteiger partial charge in [0.05, 0.1) is 18.5 Å². The summed E-state index contributed by atoms with van der Waals surface area (Å²) in [5.74, 6) is -0.278. The Hall–Kier alpha value is -0.220. The van der Waals surface area contributed by atoms with Crippen molar-refractivity contribution in [2.45, 2.75) is 12.5 Å². The summed E-state index contributed by atoms with van der Waals surface area (Å²) < 4.78 is 0. The number of hydrogen-bond donors (Lipinski definition) is 1. The lowest BCUT2D eigenvalue weighted by atomic mass is 10.2. The highest BCUT2D eigenvalue weighted by atomic mass is 32.2. The van der Waals surface area contributed by atoms with Crippen LogP contribution < -0.4 is 10.8 Å². The van der Waals surface area contributed by atoms with Crippen LogP contribution in [-0.4, -0.2) is 30.3 Å². The molecule has 4 heteroatoms. The van der Waals surface area contributed by atoms with Gasteiger partial charge in [0.25, 0.3) is 0 Å². The van der Waals surface area contributed by atoms with E-state index < -0.39 is 12.0 Å². The number of hydrogen-bond acceptors (Lipinski definition) is 3. The van der Waals surface area contributed by atoms with E-state index in [1.54, 1.807) is 0 Å². The summed E-state index contributed by atoms with van der Waals surface area (Å²) in [6.45, 7) is 0. The van der Waals surface area contributed by atoms with Crippen LogP contribution in [0.15, 0.2) is 0 Å². The fourth-order valence-corrected chi connectivity index (χ4v) is 1.21. The number of aliphatic carboxylic acids is 1. The Morgan fingerprint density at radius 3 is 2.50 bits per heavy atom. The van der Waals surface area contributed by atoms with E-state index in [1.165, 1.54) is 0 Å². The van der Waals surface area contributed by atoms with Gasteiger partial charge < -0.3 is 15.6 Å². The van der Waals surface area contributed by atoms with Crippen molar-refractivity contribution in [1.29, 1.82) is 0 Å². The summed E-state index contributed by atoms with van der Waals surface area (Å²) in [4.78, 5) is 10.1. The van der Waals surface area contributed by atoms with Crippen LogP contribution in [0.4, 0.5) is 0 Å². The molecular weight excluding hydrogens is 150 g/mol. The van der Waals surface area contributed by atoms with E-state index in [2.05, 4.69) is 12.5 Å². The maximum Gasteiger partial charge on any atom is 0.109 e. The maximum atomic E-state index is 10.1. The van der Waals surface area contributed by atoms with Gasteiger partial charge in [-0.25, -0.2) is 0 Å². The van der Waals surface area contributed by atoms with Gasteiger partial charge >= 0.3 is 0 Å². The molecular formula is C6H13NO2S. The Balaban J connectivity index is 3.40. The van der Waals surface area contributed by atoms with E-state index in [4.69, 9.17) is 5.73 Å². The second-order valence-electron chi connectivity index (χ2n) is 2.40. The van der Waals surface area contributed by atoms with Crippen LogP contribution in [0, 0.1) is 0 Å².